The number of hydrogen-bond donors (Lipinski definition) is 2. The minimum Gasteiger partial charge on any atom is -0.390 e. The minimum atomic E-state index is -0.691. The molecule has 2 atom stereocenters. The highest BCUT2D eigenvalue weighted by atomic mass is 35.5. The number of rotatable bonds is 2. The van der Waals surface area contributed by atoms with Gasteiger partial charge in [0.05, 0.1) is 17.7 Å². The van der Waals surface area contributed by atoms with Crippen LogP contribution in [0.4, 0.5) is 0 Å². The predicted molar refractivity (Wildman–Crippen MR) is 81.8 cm³/mol. The highest BCUT2D eigenvalue weighted by molar-refractivity contribution is 6.35. The number of nitrogens with zero attached hydrogens (tertiary/aromatic N) is 1. The van der Waals surface area contributed by atoms with Crippen molar-refractivity contribution in [3.8, 4) is 0 Å². The first kappa shape index (κ1) is 14.4. The van der Waals surface area contributed by atoms with Gasteiger partial charge in [-0.25, -0.2) is 0 Å². The number of halogens is 2. The zero-order valence-corrected chi connectivity index (χ0v) is 12.8. The molecule has 0 aliphatic heterocycles. The van der Waals surface area contributed by atoms with Crippen LogP contribution < -0.4 is 0 Å². The molecule has 21 heavy (non-hydrogen) atoms. The lowest BCUT2D eigenvalue weighted by atomic mass is 10.1. The van der Waals surface area contributed by atoms with E-state index in [4.69, 9.17) is 23.2 Å². The van der Waals surface area contributed by atoms with Crippen LogP contribution in [0.25, 0.3) is 0 Å². The summed E-state index contributed by atoms with van der Waals surface area (Å²) in [6, 6.07) is 4.68. The van der Waals surface area contributed by atoms with Gasteiger partial charge in [0.15, 0.2) is 0 Å². The van der Waals surface area contributed by atoms with Crippen molar-refractivity contribution in [1.82, 2.24) is 9.88 Å². The zero-order valence-electron chi connectivity index (χ0n) is 11.3. The Bertz CT molecular complexity index is 685. The minimum absolute atomic E-state index is 0.163. The molecular formula is C15H14Cl2N2O2. The van der Waals surface area contributed by atoms with Crippen LogP contribution in [0.1, 0.15) is 27.5 Å². The van der Waals surface area contributed by atoms with Crippen LogP contribution >= 0.6 is 23.2 Å². The van der Waals surface area contributed by atoms with Crippen LogP contribution in [0.3, 0.4) is 0 Å². The molecule has 0 spiro atoms. The molecule has 0 unspecified atom stereocenters. The molecule has 3 rings (SSSR count). The first-order valence-electron chi connectivity index (χ1n) is 6.55. The van der Waals surface area contributed by atoms with Gasteiger partial charge in [0.1, 0.15) is 0 Å². The van der Waals surface area contributed by atoms with E-state index in [2.05, 4.69) is 4.98 Å². The molecule has 4 nitrogen and oxygen atoms in total. The van der Waals surface area contributed by atoms with E-state index in [9.17, 15) is 9.90 Å². The summed E-state index contributed by atoms with van der Waals surface area (Å²) >= 11 is 12.2. The summed E-state index contributed by atoms with van der Waals surface area (Å²) < 4.78 is 0. The van der Waals surface area contributed by atoms with Gasteiger partial charge in [0.2, 0.25) is 0 Å². The lowest BCUT2D eigenvalue weighted by Gasteiger charge is -2.28. The number of H-pyrrole nitrogens is 1. The second-order valence-electron chi connectivity index (χ2n) is 5.19. The Kier molecular flexibility index (Phi) is 3.69. The molecule has 2 aromatic rings. The number of amides is 1. The van der Waals surface area contributed by atoms with Gasteiger partial charge in [-0.1, -0.05) is 23.2 Å². The van der Waals surface area contributed by atoms with E-state index in [1.165, 1.54) is 4.90 Å². The van der Waals surface area contributed by atoms with Gasteiger partial charge in [-0.15, -0.1) is 0 Å². The number of benzene rings is 1. The van der Waals surface area contributed by atoms with Crippen LogP contribution in [0.2, 0.25) is 10.0 Å². The van der Waals surface area contributed by atoms with Gasteiger partial charge in [-0.3, -0.25) is 4.79 Å². The maximum Gasteiger partial charge on any atom is 0.255 e. The zero-order chi connectivity index (χ0) is 15.1. The van der Waals surface area contributed by atoms with Crippen LogP contribution in [0, 0.1) is 0 Å². The molecule has 1 amide bonds. The Balaban J connectivity index is 1.99. The number of aliphatic hydroxyl groups is 1. The number of aliphatic hydroxyl groups excluding tert-OH is 1. The average Bonchev–Trinajstić information content (AvgIpc) is 3.04. The average molecular weight is 325 g/mol. The number of carbonyl (C=O) groups excluding carboxylic acids is 1. The van der Waals surface area contributed by atoms with Crippen LogP contribution in [-0.2, 0) is 6.42 Å². The largest absolute Gasteiger partial charge is 0.390 e. The van der Waals surface area contributed by atoms with Crippen molar-refractivity contribution < 1.29 is 9.90 Å². The molecule has 0 saturated carbocycles. The second-order valence-corrected chi connectivity index (χ2v) is 6.03. The van der Waals surface area contributed by atoms with Gasteiger partial charge < -0.3 is 15.0 Å². The second kappa shape index (κ2) is 5.37. The topological polar surface area (TPSA) is 56.3 Å². The number of carbonyl (C=O) groups is 1. The molecule has 1 aliphatic rings. The van der Waals surface area contributed by atoms with E-state index in [1.807, 2.05) is 0 Å². The van der Waals surface area contributed by atoms with E-state index < -0.39 is 12.1 Å². The van der Waals surface area contributed by atoms with E-state index in [1.54, 1.807) is 37.6 Å². The summed E-state index contributed by atoms with van der Waals surface area (Å²) in [5, 5.41) is 11.4. The van der Waals surface area contributed by atoms with Crippen molar-refractivity contribution in [1.29, 1.82) is 0 Å². The number of nitrogens with one attached hydrogen (secondary N) is 1. The lowest BCUT2D eigenvalue weighted by molar-refractivity contribution is 0.0497. The van der Waals surface area contributed by atoms with E-state index >= 15 is 0 Å². The summed E-state index contributed by atoms with van der Waals surface area (Å²) in [6.45, 7) is 0. The number of hydrogen-bond acceptors (Lipinski definition) is 2. The molecule has 1 aromatic carbocycles. The monoisotopic (exact) mass is 324 g/mol. The normalized spacial score (nSPS) is 20.4. The fourth-order valence-electron chi connectivity index (χ4n) is 2.88. The first-order chi connectivity index (χ1) is 9.99. The van der Waals surface area contributed by atoms with Crippen molar-refractivity contribution in [2.45, 2.75) is 18.6 Å². The smallest absolute Gasteiger partial charge is 0.255 e. The van der Waals surface area contributed by atoms with Crippen LogP contribution in [0.15, 0.2) is 30.6 Å². The van der Waals surface area contributed by atoms with Gasteiger partial charge in [0.25, 0.3) is 5.91 Å². The maximum atomic E-state index is 12.4. The van der Waals surface area contributed by atoms with E-state index in [-0.39, 0.29) is 5.91 Å². The molecule has 0 fully saturated rings. The Morgan fingerprint density at radius 1 is 1.43 bits per heavy atom. The molecule has 1 aliphatic carbocycles. The third-order valence-corrected chi connectivity index (χ3v) is 4.43. The van der Waals surface area contributed by atoms with E-state index in [0.717, 1.165) is 11.1 Å². The molecule has 1 aromatic heterocycles. The third-order valence-electron chi connectivity index (χ3n) is 3.87. The summed E-state index contributed by atoms with van der Waals surface area (Å²) in [7, 11) is 1.67. The molecule has 110 valence electrons. The first-order valence-corrected chi connectivity index (χ1v) is 7.30. The molecular weight excluding hydrogens is 311 g/mol. The number of likely N-dealkylation sites (N-methyl/N-ethyl adjacent to an activating group) is 1. The summed E-state index contributed by atoms with van der Waals surface area (Å²) in [5.41, 5.74) is 2.21. The SMILES string of the molecule is CN(C(=O)c1cc[nH]c1)[C@H]1c2cc(Cl)cc(Cl)c2C[C@@H]1O. The molecule has 6 heteroatoms. The Morgan fingerprint density at radius 3 is 2.86 bits per heavy atom. The standard InChI is InChI=1S/C15H14Cl2N2O2/c1-19(15(21)8-2-3-18-7-8)14-11-4-9(16)5-12(17)10(11)6-13(14)20/h2-5,7,13-14,18,20H,6H2,1H3/t13-,14-/m0/s1. The van der Waals surface area contributed by atoms with Gasteiger partial charge in [-0.2, -0.15) is 0 Å². The quantitative estimate of drug-likeness (QED) is 0.892. The van der Waals surface area contributed by atoms with Gasteiger partial charge in [0, 0.05) is 35.9 Å². The number of fused-ring (bicyclic) bond motifs is 1. The fourth-order valence-corrected chi connectivity index (χ4v) is 3.47. The van der Waals surface area contributed by atoms with Crippen molar-refractivity contribution in [3.05, 3.63) is 57.3 Å². The summed E-state index contributed by atoms with van der Waals surface area (Å²) in [5.74, 6) is -0.163. The molecule has 2 N–H and O–H groups in total. The summed E-state index contributed by atoms with van der Waals surface area (Å²) in [4.78, 5) is 16.8. The predicted octanol–water partition coefficient (Wildman–Crippen LogP) is 3.05. The van der Waals surface area contributed by atoms with Gasteiger partial charge >= 0.3 is 0 Å². The van der Waals surface area contributed by atoms with Crippen molar-refractivity contribution in [3.63, 3.8) is 0 Å². The Morgan fingerprint density at radius 2 is 2.19 bits per heavy atom. The van der Waals surface area contributed by atoms with Crippen LogP contribution in [0.5, 0.6) is 0 Å². The molecule has 0 saturated heterocycles. The highest BCUT2D eigenvalue weighted by Crippen LogP contribution is 2.41. The van der Waals surface area contributed by atoms with Crippen molar-refractivity contribution >= 4 is 29.1 Å². The number of aromatic amines is 1. The number of aromatic nitrogens is 1. The lowest BCUT2D eigenvalue weighted by Crippen LogP contribution is -2.35. The van der Waals surface area contributed by atoms with Crippen LogP contribution in [-0.4, -0.2) is 34.0 Å². The fraction of sp³-hybridized carbons (Fsp3) is 0.267. The molecule has 1 heterocycles. The maximum absolute atomic E-state index is 12.4. The van der Waals surface area contributed by atoms with E-state index in [0.29, 0.717) is 22.0 Å². The Labute approximate surface area is 132 Å². The van der Waals surface area contributed by atoms with Gasteiger partial charge in [-0.05, 0) is 29.3 Å². The molecule has 0 bridgehead atoms. The third kappa shape index (κ3) is 2.44. The Hall–Kier alpha value is -1.49. The van der Waals surface area contributed by atoms with Crippen molar-refractivity contribution in [2.75, 3.05) is 7.05 Å². The molecule has 0 radical (unpaired) electrons. The van der Waals surface area contributed by atoms with Crippen molar-refractivity contribution in [2.24, 2.45) is 0 Å². The summed E-state index contributed by atoms with van der Waals surface area (Å²) in [6.07, 6.45) is 3.05. The highest BCUT2D eigenvalue weighted by Gasteiger charge is 2.37.